The summed E-state index contributed by atoms with van der Waals surface area (Å²) in [5.74, 6) is -2.76. The number of hydrogen-bond donors (Lipinski definition) is 3. The highest BCUT2D eigenvalue weighted by Crippen LogP contribution is 2.20. The van der Waals surface area contributed by atoms with E-state index in [1.807, 2.05) is 79.5 Å². The van der Waals surface area contributed by atoms with Crippen molar-refractivity contribution in [2.75, 3.05) is 5.32 Å². The number of anilines is 1. The van der Waals surface area contributed by atoms with Gasteiger partial charge in [-0.15, -0.1) is 0 Å². The van der Waals surface area contributed by atoms with Crippen LogP contribution in [0.3, 0.4) is 0 Å². The van der Waals surface area contributed by atoms with Crippen molar-refractivity contribution in [3.63, 3.8) is 0 Å². The summed E-state index contributed by atoms with van der Waals surface area (Å²) in [6.07, 6.45) is -1.47. The highest BCUT2D eigenvalue weighted by Gasteiger charge is 2.38. The Morgan fingerprint density at radius 2 is 1.66 bits per heavy atom. The van der Waals surface area contributed by atoms with Crippen LogP contribution in [0.5, 0.6) is 0 Å². The predicted molar refractivity (Wildman–Crippen MR) is 114 cm³/mol. The van der Waals surface area contributed by atoms with E-state index in [1.54, 1.807) is 6.20 Å². The van der Waals surface area contributed by atoms with Crippen LogP contribution in [0.25, 0.3) is 11.1 Å². The molecule has 0 fully saturated rings. The first kappa shape index (κ1) is 24.4. The molecular formula is C22H23F3N4O3. The molecule has 7 nitrogen and oxygen atoms in total. The number of aromatic amines is 1. The van der Waals surface area contributed by atoms with E-state index >= 15 is 0 Å². The fraction of sp³-hybridized carbons (Fsp3) is 0.227. The van der Waals surface area contributed by atoms with Gasteiger partial charge in [-0.05, 0) is 37.1 Å². The topological polar surface area (TPSA) is 98.3 Å². The largest absolute Gasteiger partial charge is 0.490 e. The van der Waals surface area contributed by atoms with Crippen molar-refractivity contribution in [3.8, 4) is 11.1 Å². The van der Waals surface area contributed by atoms with Crippen LogP contribution in [0, 0.1) is 0 Å². The van der Waals surface area contributed by atoms with Gasteiger partial charge in [-0.25, -0.2) is 9.59 Å². The number of carbonyl (C=O) groups excluding carboxylic acids is 1. The maximum absolute atomic E-state index is 12.7. The van der Waals surface area contributed by atoms with Gasteiger partial charge in [0.25, 0.3) is 0 Å². The third-order valence-corrected chi connectivity index (χ3v) is 4.29. The summed E-state index contributed by atoms with van der Waals surface area (Å²) in [5.41, 5.74) is 3.96. The molecule has 0 aliphatic heterocycles. The molecule has 1 heterocycles. The maximum Gasteiger partial charge on any atom is 0.490 e. The smallest absolute Gasteiger partial charge is 0.475 e. The molecular weight excluding hydrogens is 425 g/mol. The summed E-state index contributed by atoms with van der Waals surface area (Å²) in [5, 5.41) is 16.9. The van der Waals surface area contributed by atoms with Gasteiger partial charge in [-0.1, -0.05) is 42.5 Å². The van der Waals surface area contributed by atoms with Crippen molar-refractivity contribution in [3.05, 3.63) is 72.6 Å². The van der Waals surface area contributed by atoms with E-state index in [1.165, 1.54) is 0 Å². The number of nitrogens with zero attached hydrogens (tertiary/aromatic N) is 2. The van der Waals surface area contributed by atoms with Gasteiger partial charge in [-0.2, -0.15) is 18.3 Å². The Bertz CT molecular complexity index is 990. The zero-order valence-corrected chi connectivity index (χ0v) is 17.4. The molecule has 0 bridgehead atoms. The molecule has 2 aromatic carbocycles. The van der Waals surface area contributed by atoms with Crippen molar-refractivity contribution in [1.82, 2.24) is 15.1 Å². The van der Waals surface area contributed by atoms with Crippen molar-refractivity contribution in [2.45, 2.75) is 32.6 Å². The number of aliphatic carboxylic acids is 1. The van der Waals surface area contributed by atoms with E-state index < -0.39 is 12.1 Å². The molecule has 170 valence electrons. The molecule has 10 heteroatoms. The van der Waals surface area contributed by atoms with Crippen LogP contribution < -0.4 is 5.32 Å². The van der Waals surface area contributed by atoms with Gasteiger partial charge in [0.2, 0.25) is 0 Å². The van der Waals surface area contributed by atoms with Crippen LogP contribution in [-0.4, -0.2) is 44.4 Å². The highest BCUT2D eigenvalue weighted by atomic mass is 19.4. The van der Waals surface area contributed by atoms with E-state index in [4.69, 9.17) is 9.90 Å². The third-order valence-electron chi connectivity index (χ3n) is 4.29. The minimum atomic E-state index is -5.08. The number of halogens is 3. The van der Waals surface area contributed by atoms with Gasteiger partial charge >= 0.3 is 18.2 Å². The van der Waals surface area contributed by atoms with E-state index in [9.17, 15) is 18.0 Å². The van der Waals surface area contributed by atoms with Crippen LogP contribution in [-0.2, 0) is 11.3 Å². The summed E-state index contributed by atoms with van der Waals surface area (Å²) in [6.45, 7) is 4.62. The SMILES string of the molecule is CC(C)N(Cc1ccccc1)C(=O)Nc1ccc(-c2cn[nH]c2)cc1.O=C(O)C(F)(F)F. The predicted octanol–water partition coefficient (Wildman–Crippen LogP) is 5.15. The maximum atomic E-state index is 12.7. The van der Waals surface area contributed by atoms with Gasteiger partial charge in [0, 0.05) is 30.0 Å². The molecule has 0 saturated carbocycles. The lowest BCUT2D eigenvalue weighted by Crippen LogP contribution is -2.39. The number of aromatic nitrogens is 2. The fourth-order valence-corrected chi connectivity index (χ4v) is 2.62. The Morgan fingerprint density at radius 3 is 2.12 bits per heavy atom. The quantitative estimate of drug-likeness (QED) is 0.503. The van der Waals surface area contributed by atoms with Gasteiger partial charge in [-0.3, -0.25) is 5.10 Å². The van der Waals surface area contributed by atoms with Crippen LogP contribution in [0.1, 0.15) is 19.4 Å². The van der Waals surface area contributed by atoms with E-state index in [-0.39, 0.29) is 12.1 Å². The number of hydrogen-bond acceptors (Lipinski definition) is 3. The molecule has 3 aromatic rings. The third kappa shape index (κ3) is 7.46. The van der Waals surface area contributed by atoms with Crippen LogP contribution in [0.15, 0.2) is 67.0 Å². The number of carbonyl (C=O) groups is 2. The second-order valence-corrected chi connectivity index (χ2v) is 7.00. The molecule has 0 aliphatic carbocycles. The highest BCUT2D eigenvalue weighted by molar-refractivity contribution is 5.89. The molecule has 0 spiro atoms. The Balaban J connectivity index is 0.000000451. The van der Waals surface area contributed by atoms with Gasteiger partial charge in [0.15, 0.2) is 0 Å². The normalized spacial score (nSPS) is 10.8. The Labute approximate surface area is 182 Å². The molecule has 0 atom stereocenters. The van der Waals surface area contributed by atoms with Crippen molar-refractivity contribution in [2.24, 2.45) is 0 Å². The Hall–Kier alpha value is -3.82. The molecule has 0 aliphatic rings. The van der Waals surface area contributed by atoms with Crippen LogP contribution >= 0.6 is 0 Å². The minimum Gasteiger partial charge on any atom is -0.475 e. The van der Waals surface area contributed by atoms with E-state index in [0.29, 0.717) is 6.54 Å². The lowest BCUT2D eigenvalue weighted by molar-refractivity contribution is -0.192. The summed E-state index contributed by atoms with van der Waals surface area (Å²) < 4.78 is 31.7. The Kier molecular flexibility index (Phi) is 8.39. The molecule has 32 heavy (non-hydrogen) atoms. The molecule has 3 N–H and O–H groups in total. The number of urea groups is 1. The first-order valence-corrected chi connectivity index (χ1v) is 9.58. The molecule has 0 unspecified atom stereocenters. The molecule has 1 aromatic heterocycles. The van der Waals surface area contributed by atoms with Crippen LogP contribution in [0.2, 0.25) is 0 Å². The second-order valence-electron chi connectivity index (χ2n) is 7.00. The van der Waals surface area contributed by atoms with Crippen molar-refractivity contribution < 1.29 is 27.9 Å². The first-order valence-electron chi connectivity index (χ1n) is 9.58. The van der Waals surface area contributed by atoms with Crippen molar-refractivity contribution in [1.29, 1.82) is 0 Å². The second kappa shape index (κ2) is 11.0. The monoisotopic (exact) mass is 448 g/mol. The van der Waals surface area contributed by atoms with Crippen LogP contribution in [0.4, 0.5) is 23.7 Å². The lowest BCUT2D eigenvalue weighted by Gasteiger charge is -2.27. The molecule has 0 radical (unpaired) electrons. The minimum absolute atomic E-state index is 0.102. The number of alkyl halides is 3. The summed E-state index contributed by atoms with van der Waals surface area (Å²) in [6, 6.07) is 17.8. The standard InChI is InChI=1S/C20H22N4O.C2HF3O2/c1-15(2)24(14-16-6-4-3-5-7-16)20(25)23-19-10-8-17(9-11-19)18-12-21-22-13-18;3-2(4,5)1(6)7/h3-13,15H,14H2,1-2H3,(H,21,22)(H,23,25);(H,6,7). The van der Waals surface area contributed by atoms with Gasteiger partial charge < -0.3 is 15.3 Å². The Morgan fingerprint density at radius 1 is 1.06 bits per heavy atom. The number of rotatable bonds is 5. The first-order chi connectivity index (χ1) is 15.1. The molecule has 0 saturated heterocycles. The average Bonchev–Trinajstić information content (AvgIpc) is 3.27. The number of benzene rings is 2. The number of H-pyrrole nitrogens is 1. The molecule has 3 rings (SSSR count). The zero-order valence-electron chi connectivity index (χ0n) is 17.4. The number of carboxylic acids is 1. The van der Waals surface area contributed by atoms with E-state index in [0.717, 1.165) is 22.4 Å². The fourth-order valence-electron chi connectivity index (χ4n) is 2.62. The number of amides is 2. The number of nitrogens with one attached hydrogen (secondary N) is 2. The van der Waals surface area contributed by atoms with Crippen molar-refractivity contribution >= 4 is 17.7 Å². The number of carboxylic acid groups (broad SMARTS) is 1. The summed E-state index contributed by atoms with van der Waals surface area (Å²) in [4.78, 5) is 23.4. The molecule has 2 amide bonds. The summed E-state index contributed by atoms with van der Waals surface area (Å²) in [7, 11) is 0. The van der Waals surface area contributed by atoms with E-state index in [2.05, 4.69) is 15.5 Å². The summed E-state index contributed by atoms with van der Waals surface area (Å²) >= 11 is 0. The average molecular weight is 448 g/mol. The zero-order chi connectivity index (χ0) is 23.7. The van der Waals surface area contributed by atoms with Gasteiger partial charge in [0.1, 0.15) is 0 Å². The lowest BCUT2D eigenvalue weighted by atomic mass is 10.1. The van der Waals surface area contributed by atoms with Gasteiger partial charge in [0.05, 0.1) is 6.20 Å².